The molecule has 1 amide bonds. The van der Waals surface area contributed by atoms with Crippen LogP contribution in [0.4, 0.5) is 5.69 Å². The van der Waals surface area contributed by atoms with E-state index < -0.39 is 0 Å². The van der Waals surface area contributed by atoms with Crippen LogP contribution in [0.15, 0.2) is 58.5 Å². The van der Waals surface area contributed by atoms with Crippen LogP contribution >= 0.6 is 23.4 Å². The van der Waals surface area contributed by atoms with Gasteiger partial charge in [-0.2, -0.15) is 0 Å². The number of amides is 1. The van der Waals surface area contributed by atoms with Gasteiger partial charge in [-0.05, 0) is 24.3 Å². The fourth-order valence-corrected chi connectivity index (χ4v) is 3.43. The summed E-state index contributed by atoms with van der Waals surface area (Å²) in [4.78, 5) is 28.9. The van der Waals surface area contributed by atoms with Crippen LogP contribution in [0.2, 0.25) is 5.02 Å². The molecule has 1 aromatic heterocycles. The van der Waals surface area contributed by atoms with Crippen molar-refractivity contribution in [1.29, 1.82) is 0 Å². The lowest BCUT2D eigenvalue weighted by molar-refractivity contribution is -0.115. The van der Waals surface area contributed by atoms with E-state index >= 15 is 0 Å². The number of carbonyl (C=O) groups is 1. The molecule has 3 rings (SSSR count). The molecule has 0 radical (unpaired) electrons. The Kier molecular flexibility index (Phi) is 5.40. The van der Waals surface area contributed by atoms with Crippen LogP contribution in [0.3, 0.4) is 0 Å². The fraction of sp³-hybridized carbons (Fsp3) is 0.167. The zero-order chi connectivity index (χ0) is 17.8. The van der Waals surface area contributed by atoms with E-state index in [9.17, 15) is 9.59 Å². The predicted octanol–water partition coefficient (Wildman–Crippen LogP) is 3.71. The Morgan fingerprint density at radius 2 is 1.92 bits per heavy atom. The average Bonchev–Trinajstić information content (AvgIpc) is 2.61. The van der Waals surface area contributed by atoms with Gasteiger partial charge in [0, 0.05) is 19.2 Å². The van der Waals surface area contributed by atoms with Crippen LogP contribution in [0.1, 0.15) is 6.42 Å². The summed E-state index contributed by atoms with van der Waals surface area (Å²) in [6.45, 7) is 0. The molecule has 5 nitrogen and oxygen atoms in total. The summed E-state index contributed by atoms with van der Waals surface area (Å²) >= 11 is 7.40. The minimum Gasteiger partial charge on any atom is -0.325 e. The van der Waals surface area contributed by atoms with Crippen LogP contribution in [-0.4, -0.2) is 21.2 Å². The number of benzene rings is 2. The van der Waals surface area contributed by atoms with E-state index in [1.807, 2.05) is 24.3 Å². The summed E-state index contributed by atoms with van der Waals surface area (Å²) < 4.78 is 1.51. The van der Waals surface area contributed by atoms with Gasteiger partial charge in [0.25, 0.3) is 5.56 Å². The summed E-state index contributed by atoms with van der Waals surface area (Å²) in [7, 11) is 1.69. The monoisotopic (exact) mass is 373 g/mol. The molecule has 0 aliphatic rings. The molecular formula is C18H16ClN3O2S. The van der Waals surface area contributed by atoms with Crippen molar-refractivity contribution in [2.75, 3.05) is 11.1 Å². The number of rotatable bonds is 5. The number of fused-ring (bicyclic) bond motifs is 1. The Hall–Kier alpha value is -2.31. The molecular weight excluding hydrogens is 358 g/mol. The van der Waals surface area contributed by atoms with Gasteiger partial charge in [0.2, 0.25) is 5.91 Å². The van der Waals surface area contributed by atoms with Crippen molar-refractivity contribution in [3.8, 4) is 0 Å². The van der Waals surface area contributed by atoms with Gasteiger partial charge in [-0.15, -0.1) is 0 Å². The maximum Gasteiger partial charge on any atom is 0.261 e. The highest BCUT2D eigenvalue weighted by molar-refractivity contribution is 7.99. The number of carbonyl (C=O) groups excluding carboxylic acids is 1. The number of aromatic nitrogens is 2. The van der Waals surface area contributed by atoms with Crippen molar-refractivity contribution in [2.45, 2.75) is 11.6 Å². The number of para-hydroxylation sites is 2. The van der Waals surface area contributed by atoms with E-state index in [0.29, 0.717) is 38.9 Å². The molecule has 3 aromatic rings. The SMILES string of the molecule is Cn1c(SCCC(=O)Nc2ccccc2Cl)nc2ccccc2c1=O. The van der Waals surface area contributed by atoms with Crippen LogP contribution in [0.5, 0.6) is 0 Å². The maximum absolute atomic E-state index is 12.3. The smallest absolute Gasteiger partial charge is 0.261 e. The highest BCUT2D eigenvalue weighted by Gasteiger charge is 2.10. The normalized spacial score (nSPS) is 10.8. The van der Waals surface area contributed by atoms with E-state index in [0.717, 1.165) is 0 Å². The summed E-state index contributed by atoms with van der Waals surface area (Å²) in [5.41, 5.74) is 1.16. The second-order valence-electron chi connectivity index (χ2n) is 5.40. The first-order chi connectivity index (χ1) is 12.1. The van der Waals surface area contributed by atoms with E-state index in [4.69, 9.17) is 11.6 Å². The summed E-state index contributed by atoms with van der Waals surface area (Å²) in [5, 5.41) is 4.46. The lowest BCUT2D eigenvalue weighted by Gasteiger charge is -2.09. The molecule has 0 atom stereocenters. The van der Waals surface area contributed by atoms with Crippen molar-refractivity contribution in [1.82, 2.24) is 9.55 Å². The number of anilines is 1. The number of nitrogens with zero attached hydrogens (tertiary/aromatic N) is 2. The number of thioether (sulfide) groups is 1. The van der Waals surface area contributed by atoms with Crippen molar-refractivity contribution < 1.29 is 4.79 Å². The third kappa shape index (κ3) is 4.03. The maximum atomic E-state index is 12.3. The fourth-order valence-electron chi connectivity index (χ4n) is 2.34. The first kappa shape index (κ1) is 17.5. The van der Waals surface area contributed by atoms with Crippen LogP contribution < -0.4 is 10.9 Å². The number of hydrogen-bond donors (Lipinski definition) is 1. The molecule has 0 unspecified atom stereocenters. The molecule has 1 N–H and O–H groups in total. The molecule has 2 aromatic carbocycles. The first-order valence-corrected chi connectivity index (χ1v) is 9.05. The van der Waals surface area contributed by atoms with E-state index in [1.165, 1.54) is 16.3 Å². The lowest BCUT2D eigenvalue weighted by Crippen LogP contribution is -2.20. The molecule has 0 spiro atoms. The third-order valence-electron chi connectivity index (χ3n) is 3.65. The molecule has 0 saturated heterocycles. The Bertz CT molecular complexity index is 987. The predicted molar refractivity (Wildman–Crippen MR) is 102 cm³/mol. The largest absolute Gasteiger partial charge is 0.325 e. The van der Waals surface area contributed by atoms with Gasteiger partial charge in [0.15, 0.2) is 5.16 Å². The second-order valence-corrected chi connectivity index (χ2v) is 6.87. The highest BCUT2D eigenvalue weighted by atomic mass is 35.5. The molecule has 0 bridgehead atoms. The molecule has 0 aliphatic carbocycles. The molecule has 7 heteroatoms. The van der Waals surface area contributed by atoms with Gasteiger partial charge in [-0.25, -0.2) is 4.98 Å². The van der Waals surface area contributed by atoms with Gasteiger partial charge in [-0.1, -0.05) is 47.6 Å². The van der Waals surface area contributed by atoms with Crippen LogP contribution in [-0.2, 0) is 11.8 Å². The van der Waals surface area contributed by atoms with Crippen molar-refractivity contribution >= 4 is 45.9 Å². The molecule has 0 saturated carbocycles. The van der Waals surface area contributed by atoms with Gasteiger partial charge in [-0.3, -0.25) is 14.2 Å². The van der Waals surface area contributed by atoms with Crippen molar-refractivity contribution in [3.05, 3.63) is 63.9 Å². The van der Waals surface area contributed by atoms with E-state index in [-0.39, 0.29) is 11.5 Å². The number of hydrogen-bond acceptors (Lipinski definition) is 4. The molecule has 128 valence electrons. The molecule has 25 heavy (non-hydrogen) atoms. The van der Waals surface area contributed by atoms with E-state index in [2.05, 4.69) is 10.3 Å². The van der Waals surface area contributed by atoms with Gasteiger partial charge in [0.1, 0.15) is 0 Å². The topological polar surface area (TPSA) is 64.0 Å². The average molecular weight is 374 g/mol. The second kappa shape index (κ2) is 7.72. The summed E-state index contributed by atoms with van der Waals surface area (Å²) in [5.74, 6) is 0.376. The Balaban J connectivity index is 1.65. The summed E-state index contributed by atoms with van der Waals surface area (Å²) in [6, 6.07) is 14.3. The minimum atomic E-state index is -0.133. The quantitative estimate of drug-likeness (QED) is 0.547. The lowest BCUT2D eigenvalue weighted by atomic mass is 10.2. The molecule has 0 aliphatic heterocycles. The van der Waals surface area contributed by atoms with Crippen molar-refractivity contribution in [2.24, 2.45) is 7.05 Å². The van der Waals surface area contributed by atoms with E-state index in [1.54, 1.807) is 31.3 Å². The van der Waals surface area contributed by atoms with Crippen molar-refractivity contribution in [3.63, 3.8) is 0 Å². The minimum absolute atomic E-state index is 0.0892. The summed E-state index contributed by atoms with van der Waals surface area (Å²) in [6.07, 6.45) is 0.290. The number of halogens is 1. The van der Waals surface area contributed by atoms with Gasteiger partial charge in [0.05, 0.1) is 21.6 Å². The Labute approximate surface area is 154 Å². The Morgan fingerprint density at radius 1 is 1.20 bits per heavy atom. The van der Waals surface area contributed by atoms with Crippen LogP contribution in [0.25, 0.3) is 10.9 Å². The van der Waals surface area contributed by atoms with Crippen LogP contribution in [0, 0.1) is 0 Å². The molecule has 1 heterocycles. The molecule has 0 fully saturated rings. The number of nitrogens with one attached hydrogen (secondary N) is 1. The Morgan fingerprint density at radius 3 is 2.72 bits per heavy atom. The highest BCUT2D eigenvalue weighted by Crippen LogP contribution is 2.21. The first-order valence-electron chi connectivity index (χ1n) is 7.69. The van der Waals surface area contributed by atoms with Gasteiger partial charge < -0.3 is 5.32 Å². The zero-order valence-electron chi connectivity index (χ0n) is 13.5. The zero-order valence-corrected chi connectivity index (χ0v) is 15.1. The van der Waals surface area contributed by atoms with Gasteiger partial charge >= 0.3 is 0 Å². The standard InChI is InChI=1S/C18H16ClN3O2S/c1-22-17(24)12-6-2-4-8-14(12)21-18(22)25-11-10-16(23)20-15-9-5-3-7-13(15)19/h2-9H,10-11H2,1H3,(H,20,23). The third-order valence-corrected chi connectivity index (χ3v) is 5.01.